The van der Waals surface area contributed by atoms with E-state index in [1.165, 1.54) is 4.90 Å². The van der Waals surface area contributed by atoms with Crippen molar-refractivity contribution in [2.75, 3.05) is 26.3 Å². The molecule has 2 atom stereocenters. The molecule has 7 heteroatoms. The maximum Gasteiger partial charge on any atom is 0.317 e. The van der Waals surface area contributed by atoms with Crippen molar-refractivity contribution in [1.29, 1.82) is 0 Å². The van der Waals surface area contributed by atoms with Gasteiger partial charge in [0.25, 0.3) is 0 Å². The van der Waals surface area contributed by atoms with Crippen molar-refractivity contribution >= 4 is 12.0 Å². The van der Waals surface area contributed by atoms with Crippen LogP contribution in [0.25, 0.3) is 0 Å². The second kappa shape index (κ2) is 7.17. The fraction of sp³-hybridized carbons (Fsp3) is 0.818. The molecule has 0 aromatic carbocycles. The Morgan fingerprint density at radius 2 is 1.78 bits per heavy atom. The van der Waals surface area contributed by atoms with Crippen molar-refractivity contribution in [2.45, 2.75) is 25.3 Å². The number of amides is 2. The van der Waals surface area contributed by atoms with Crippen LogP contribution in [0.1, 0.15) is 19.3 Å². The summed E-state index contributed by atoms with van der Waals surface area (Å²) in [7, 11) is 0. The van der Waals surface area contributed by atoms with Crippen LogP contribution in [-0.2, 0) is 4.79 Å². The van der Waals surface area contributed by atoms with Crippen LogP contribution in [0.4, 0.5) is 4.79 Å². The Hall–Kier alpha value is -1.34. The number of aliphatic carboxylic acids is 1. The highest BCUT2D eigenvalue weighted by Gasteiger charge is 2.31. The molecule has 0 bridgehead atoms. The Kier molecular flexibility index (Phi) is 5.87. The normalized spacial score (nSPS) is 22.8. The molecule has 0 spiro atoms. The average molecular weight is 260 g/mol. The van der Waals surface area contributed by atoms with E-state index in [0.717, 1.165) is 0 Å². The minimum Gasteiger partial charge on any atom is -0.481 e. The van der Waals surface area contributed by atoms with Crippen LogP contribution in [0.2, 0.25) is 0 Å². The zero-order valence-corrected chi connectivity index (χ0v) is 10.2. The first-order valence-electron chi connectivity index (χ1n) is 6.08. The predicted octanol–water partition coefficient (Wildman–Crippen LogP) is -0.764. The van der Waals surface area contributed by atoms with Gasteiger partial charge in [-0.05, 0) is 19.3 Å². The molecule has 1 aliphatic carbocycles. The van der Waals surface area contributed by atoms with Gasteiger partial charge in [-0.2, -0.15) is 0 Å². The van der Waals surface area contributed by atoms with Crippen LogP contribution in [0.3, 0.4) is 0 Å². The molecule has 4 N–H and O–H groups in total. The molecule has 18 heavy (non-hydrogen) atoms. The van der Waals surface area contributed by atoms with Crippen LogP contribution in [-0.4, -0.2) is 64.6 Å². The van der Waals surface area contributed by atoms with Gasteiger partial charge in [0.2, 0.25) is 0 Å². The van der Waals surface area contributed by atoms with Crippen LogP contribution in [0, 0.1) is 5.92 Å². The smallest absolute Gasteiger partial charge is 0.317 e. The molecule has 0 aromatic rings. The standard InChI is InChI=1S/C11H20N2O5/c14-5-3-13(4-6-15)11(18)12-9-2-1-8(7-9)10(16)17/h8-9,14-15H,1-7H2,(H,12,18)(H,16,17). The first kappa shape index (κ1) is 14.7. The van der Waals surface area contributed by atoms with E-state index in [0.29, 0.717) is 19.3 Å². The van der Waals surface area contributed by atoms with Crippen molar-refractivity contribution in [3.63, 3.8) is 0 Å². The topological polar surface area (TPSA) is 110 Å². The summed E-state index contributed by atoms with van der Waals surface area (Å²) in [6.07, 6.45) is 1.65. The van der Waals surface area contributed by atoms with E-state index in [-0.39, 0.29) is 44.3 Å². The van der Waals surface area contributed by atoms with Gasteiger partial charge in [0.1, 0.15) is 0 Å². The molecule has 0 aromatic heterocycles. The Morgan fingerprint density at radius 1 is 1.17 bits per heavy atom. The first-order valence-corrected chi connectivity index (χ1v) is 6.08. The number of rotatable bonds is 6. The third kappa shape index (κ3) is 4.15. The quantitative estimate of drug-likeness (QED) is 0.501. The van der Waals surface area contributed by atoms with Gasteiger partial charge in [-0.3, -0.25) is 4.79 Å². The molecule has 1 saturated carbocycles. The minimum absolute atomic E-state index is 0.140. The van der Waals surface area contributed by atoms with E-state index in [2.05, 4.69) is 5.32 Å². The summed E-state index contributed by atoms with van der Waals surface area (Å²) in [5, 5.41) is 29.2. The molecule has 0 saturated heterocycles. The van der Waals surface area contributed by atoms with Crippen molar-refractivity contribution in [1.82, 2.24) is 10.2 Å². The molecule has 2 amide bonds. The van der Waals surface area contributed by atoms with E-state index in [1.54, 1.807) is 0 Å². The van der Waals surface area contributed by atoms with Crippen molar-refractivity contribution in [2.24, 2.45) is 5.92 Å². The van der Waals surface area contributed by atoms with E-state index in [4.69, 9.17) is 15.3 Å². The number of carboxylic acid groups (broad SMARTS) is 1. The second-order valence-corrected chi connectivity index (χ2v) is 4.43. The van der Waals surface area contributed by atoms with Crippen LogP contribution >= 0.6 is 0 Å². The highest BCUT2D eigenvalue weighted by Crippen LogP contribution is 2.25. The van der Waals surface area contributed by atoms with Crippen molar-refractivity contribution < 1.29 is 24.9 Å². The fourth-order valence-corrected chi connectivity index (χ4v) is 2.16. The molecule has 0 heterocycles. The molecular formula is C11H20N2O5. The average Bonchev–Trinajstić information content (AvgIpc) is 2.77. The van der Waals surface area contributed by atoms with Gasteiger partial charge in [-0.25, -0.2) is 4.79 Å². The van der Waals surface area contributed by atoms with Gasteiger partial charge in [0.15, 0.2) is 0 Å². The number of nitrogens with zero attached hydrogens (tertiary/aromatic N) is 1. The van der Waals surface area contributed by atoms with Crippen LogP contribution in [0.5, 0.6) is 0 Å². The number of hydrogen-bond acceptors (Lipinski definition) is 4. The summed E-state index contributed by atoms with van der Waals surface area (Å²) in [5.41, 5.74) is 0. The Balaban J connectivity index is 2.41. The zero-order valence-electron chi connectivity index (χ0n) is 10.2. The maximum atomic E-state index is 11.8. The van der Waals surface area contributed by atoms with Gasteiger partial charge >= 0.3 is 12.0 Å². The summed E-state index contributed by atoms with van der Waals surface area (Å²) in [6.45, 7) is -0.0331. The number of carbonyl (C=O) groups excluding carboxylic acids is 1. The van der Waals surface area contributed by atoms with E-state index >= 15 is 0 Å². The SMILES string of the molecule is O=C(O)C1CCC(NC(=O)N(CCO)CCO)C1. The Bertz CT molecular complexity index is 291. The number of nitrogens with one attached hydrogen (secondary N) is 1. The van der Waals surface area contributed by atoms with Crippen molar-refractivity contribution in [3.05, 3.63) is 0 Å². The van der Waals surface area contributed by atoms with Crippen LogP contribution in [0.15, 0.2) is 0 Å². The zero-order chi connectivity index (χ0) is 13.5. The molecule has 0 aliphatic heterocycles. The number of carboxylic acids is 1. The van der Waals surface area contributed by atoms with Gasteiger partial charge < -0.3 is 25.5 Å². The fourth-order valence-electron chi connectivity index (χ4n) is 2.16. The summed E-state index contributed by atoms with van der Waals surface area (Å²) >= 11 is 0. The monoisotopic (exact) mass is 260 g/mol. The molecule has 2 unspecified atom stereocenters. The molecule has 1 fully saturated rings. The second-order valence-electron chi connectivity index (χ2n) is 4.43. The summed E-state index contributed by atoms with van der Waals surface area (Å²) in [6, 6.07) is -0.507. The predicted molar refractivity (Wildman–Crippen MR) is 63.0 cm³/mol. The highest BCUT2D eigenvalue weighted by atomic mass is 16.4. The lowest BCUT2D eigenvalue weighted by atomic mass is 10.1. The summed E-state index contributed by atoms with van der Waals surface area (Å²) in [5.74, 6) is -1.21. The lowest BCUT2D eigenvalue weighted by molar-refractivity contribution is -0.141. The summed E-state index contributed by atoms with van der Waals surface area (Å²) < 4.78 is 0. The third-order valence-electron chi connectivity index (χ3n) is 3.14. The Morgan fingerprint density at radius 3 is 2.22 bits per heavy atom. The van der Waals surface area contributed by atoms with Gasteiger partial charge in [0.05, 0.1) is 19.1 Å². The lowest BCUT2D eigenvalue weighted by Crippen LogP contribution is -2.46. The van der Waals surface area contributed by atoms with Crippen LogP contribution < -0.4 is 5.32 Å². The molecule has 7 nitrogen and oxygen atoms in total. The number of hydrogen-bond donors (Lipinski definition) is 4. The number of aliphatic hydroxyl groups is 2. The van der Waals surface area contributed by atoms with E-state index in [1.807, 2.05) is 0 Å². The number of aliphatic hydroxyl groups excluding tert-OH is 2. The lowest BCUT2D eigenvalue weighted by Gasteiger charge is -2.23. The number of urea groups is 1. The minimum atomic E-state index is -0.825. The maximum absolute atomic E-state index is 11.8. The summed E-state index contributed by atoms with van der Waals surface area (Å²) in [4.78, 5) is 23.9. The molecular weight excluding hydrogens is 240 g/mol. The number of carbonyl (C=O) groups is 2. The molecule has 0 radical (unpaired) electrons. The largest absolute Gasteiger partial charge is 0.481 e. The van der Waals surface area contributed by atoms with E-state index in [9.17, 15) is 9.59 Å². The van der Waals surface area contributed by atoms with Gasteiger partial charge in [0, 0.05) is 19.1 Å². The van der Waals surface area contributed by atoms with Crippen molar-refractivity contribution in [3.8, 4) is 0 Å². The van der Waals surface area contributed by atoms with Gasteiger partial charge in [-0.1, -0.05) is 0 Å². The molecule has 104 valence electrons. The van der Waals surface area contributed by atoms with Gasteiger partial charge in [-0.15, -0.1) is 0 Å². The molecule has 1 aliphatic rings. The third-order valence-corrected chi connectivity index (χ3v) is 3.14. The first-order chi connectivity index (χ1) is 8.58. The highest BCUT2D eigenvalue weighted by molar-refractivity contribution is 5.75. The van der Waals surface area contributed by atoms with E-state index < -0.39 is 5.97 Å². The molecule has 1 rings (SSSR count). The Labute approximate surface area is 105 Å².